The highest BCUT2D eigenvalue weighted by molar-refractivity contribution is 6.23. The van der Waals surface area contributed by atoms with Crippen LogP contribution in [-0.2, 0) is 20.7 Å². The smallest absolute Gasteiger partial charge is 0.308 e. The third kappa shape index (κ3) is 4.45. The van der Waals surface area contributed by atoms with E-state index < -0.39 is 40.9 Å². The zero-order chi connectivity index (χ0) is 23.5. The van der Waals surface area contributed by atoms with Crippen molar-refractivity contribution in [1.29, 1.82) is 0 Å². The van der Waals surface area contributed by atoms with Gasteiger partial charge in [-0.3, -0.25) is 34.2 Å². The first-order chi connectivity index (χ1) is 15.9. The first-order valence-electron chi connectivity index (χ1n) is 10.5. The third-order valence-corrected chi connectivity index (χ3v) is 5.78. The molecule has 3 amide bonds. The van der Waals surface area contributed by atoms with Crippen LogP contribution < -0.4 is 5.32 Å². The molecule has 0 aromatic heterocycles. The van der Waals surface area contributed by atoms with Gasteiger partial charge in [0.05, 0.1) is 22.9 Å². The highest BCUT2D eigenvalue weighted by Gasteiger charge is 2.40. The monoisotopic (exact) mass is 451 g/mol. The second kappa shape index (κ2) is 9.19. The van der Waals surface area contributed by atoms with Gasteiger partial charge in [-0.15, -0.1) is 0 Å². The third-order valence-electron chi connectivity index (χ3n) is 5.78. The van der Waals surface area contributed by atoms with E-state index in [0.29, 0.717) is 0 Å². The fourth-order valence-corrected chi connectivity index (χ4v) is 4.23. The molecule has 2 aromatic rings. The molecular formula is C23H21N3O7. The minimum Gasteiger partial charge on any atom is -0.456 e. The Hall–Kier alpha value is -4.08. The highest BCUT2D eigenvalue weighted by atomic mass is 16.6. The molecule has 0 spiro atoms. The van der Waals surface area contributed by atoms with E-state index in [2.05, 4.69) is 5.32 Å². The van der Waals surface area contributed by atoms with E-state index in [1.54, 1.807) is 0 Å². The van der Waals surface area contributed by atoms with Gasteiger partial charge in [-0.25, -0.2) is 0 Å². The number of imide groups is 1. The van der Waals surface area contributed by atoms with Crippen LogP contribution in [0.3, 0.4) is 0 Å². The number of hydrogen-bond acceptors (Lipinski definition) is 7. The normalized spacial score (nSPS) is 16.7. The number of nitrogens with one attached hydrogen (secondary N) is 1. The van der Waals surface area contributed by atoms with E-state index in [0.717, 1.165) is 35.8 Å². The number of aryl methyl sites for hydroxylation is 1. The fourth-order valence-electron chi connectivity index (χ4n) is 4.23. The molecule has 0 saturated carbocycles. The Morgan fingerprint density at radius 2 is 1.91 bits per heavy atom. The van der Waals surface area contributed by atoms with Crippen LogP contribution in [0, 0.1) is 10.1 Å². The molecule has 10 heteroatoms. The second-order valence-corrected chi connectivity index (χ2v) is 7.84. The number of ether oxygens (including phenoxy) is 1. The van der Waals surface area contributed by atoms with Gasteiger partial charge in [0.15, 0.2) is 6.61 Å². The molecule has 4 rings (SSSR count). The largest absolute Gasteiger partial charge is 0.456 e. The van der Waals surface area contributed by atoms with Crippen molar-refractivity contribution in [3.05, 3.63) is 74.8 Å². The molecule has 33 heavy (non-hydrogen) atoms. The number of nitro groups is 1. The van der Waals surface area contributed by atoms with Crippen molar-refractivity contribution in [2.75, 3.05) is 13.2 Å². The zero-order valence-electron chi connectivity index (χ0n) is 17.6. The second-order valence-electron chi connectivity index (χ2n) is 7.84. The number of esters is 1. The van der Waals surface area contributed by atoms with Gasteiger partial charge in [-0.2, -0.15) is 0 Å². The number of fused-ring (bicyclic) bond motifs is 2. The summed E-state index contributed by atoms with van der Waals surface area (Å²) >= 11 is 0. The maximum absolute atomic E-state index is 12.5. The van der Waals surface area contributed by atoms with E-state index in [9.17, 15) is 29.3 Å². The topological polar surface area (TPSA) is 136 Å². The standard InChI is InChI=1S/C23H21N3O7/c27-19(24-17-9-3-6-14-5-1-2-7-15(14)17)13-33-20(28)11-12-25-22(29)16-8-4-10-18(26(31)32)21(16)23(25)30/h1-2,4-5,7-8,10,17H,3,6,9,11-13H2,(H,24,27)/t17-/m0/s1. The first kappa shape index (κ1) is 22.1. The van der Waals surface area contributed by atoms with Gasteiger partial charge in [-0.1, -0.05) is 30.3 Å². The predicted molar refractivity (Wildman–Crippen MR) is 114 cm³/mol. The molecule has 170 valence electrons. The Bertz CT molecular complexity index is 1160. The van der Waals surface area contributed by atoms with Gasteiger partial charge in [-0.05, 0) is 36.5 Å². The predicted octanol–water partition coefficient (Wildman–Crippen LogP) is 2.32. The summed E-state index contributed by atoms with van der Waals surface area (Å²) in [6.45, 7) is -0.787. The molecule has 0 fully saturated rings. The van der Waals surface area contributed by atoms with Crippen molar-refractivity contribution in [1.82, 2.24) is 10.2 Å². The van der Waals surface area contributed by atoms with Crippen LogP contribution in [-0.4, -0.2) is 46.7 Å². The molecular weight excluding hydrogens is 430 g/mol. The molecule has 0 saturated heterocycles. The lowest BCUT2D eigenvalue weighted by Gasteiger charge is -2.26. The summed E-state index contributed by atoms with van der Waals surface area (Å²) in [4.78, 5) is 60.5. The number of carbonyl (C=O) groups excluding carboxylic acids is 4. The minimum atomic E-state index is -0.830. The number of nitro benzene ring substituents is 1. The maximum Gasteiger partial charge on any atom is 0.308 e. The van der Waals surface area contributed by atoms with Crippen LogP contribution in [0.5, 0.6) is 0 Å². The number of amides is 3. The van der Waals surface area contributed by atoms with Crippen molar-refractivity contribution in [3.63, 3.8) is 0 Å². The van der Waals surface area contributed by atoms with Crippen LogP contribution in [0.1, 0.15) is 57.1 Å². The summed E-state index contributed by atoms with van der Waals surface area (Å²) in [5, 5.41) is 14.0. The summed E-state index contributed by atoms with van der Waals surface area (Å²) in [7, 11) is 0. The highest BCUT2D eigenvalue weighted by Crippen LogP contribution is 2.31. The molecule has 1 atom stereocenters. The van der Waals surface area contributed by atoms with E-state index in [4.69, 9.17) is 4.74 Å². The quantitative estimate of drug-likeness (QED) is 0.295. The molecule has 2 aromatic carbocycles. The van der Waals surface area contributed by atoms with E-state index in [1.807, 2.05) is 24.3 Å². The summed E-state index contributed by atoms with van der Waals surface area (Å²) in [6.07, 6.45) is 2.36. The summed E-state index contributed by atoms with van der Waals surface area (Å²) in [5.41, 5.74) is 1.43. The Kier molecular flexibility index (Phi) is 6.16. The van der Waals surface area contributed by atoms with E-state index >= 15 is 0 Å². The molecule has 1 aliphatic heterocycles. The Balaban J connectivity index is 1.29. The SMILES string of the molecule is O=C(COC(=O)CCN1C(=O)c2cccc([N+](=O)[O-])c2C1=O)N[C@H]1CCCc2ccccc21. The number of benzene rings is 2. The lowest BCUT2D eigenvalue weighted by atomic mass is 9.88. The maximum atomic E-state index is 12.5. The van der Waals surface area contributed by atoms with Gasteiger partial charge < -0.3 is 10.1 Å². The Morgan fingerprint density at radius 1 is 1.12 bits per heavy atom. The lowest BCUT2D eigenvalue weighted by molar-refractivity contribution is -0.385. The summed E-state index contributed by atoms with van der Waals surface area (Å²) in [5.74, 6) is -2.74. The number of hydrogen-bond donors (Lipinski definition) is 1. The Labute approximate surface area is 188 Å². The first-order valence-corrected chi connectivity index (χ1v) is 10.5. The molecule has 2 aliphatic rings. The van der Waals surface area contributed by atoms with Crippen molar-refractivity contribution in [2.45, 2.75) is 31.7 Å². The molecule has 10 nitrogen and oxygen atoms in total. The van der Waals surface area contributed by atoms with Gasteiger partial charge >= 0.3 is 5.97 Å². The summed E-state index contributed by atoms with van der Waals surface area (Å²) in [6, 6.07) is 11.5. The van der Waals surface area contributed by atoms with Crippen LogP contribution in [0.2, 0.25) is 0 Å². The summed E-state index contributed by atoms with van der Waals surface area (Å²) < 4.78 is 4.99. The fraction of sp³-hybridized carbons (Fsp3) is 0.304. The minimum absolute atomic E-state index is 0.0743. The Morgan fingerprint density at radius 3 is 2.70 bits per heavy atom. The van der Waals surface area contributed by atoms with Gasteiger partial charge in [0, 0.05) is 12.6 Å². The number of rotatable bonds is 7. The molecule has 1 aliphatic carbocycles. The van der Waals surface area contributed by atoms with Crippen LogP contribution in [0.4, 0.5) is 5.69 Å². The molecule has 0 unspecified atom stereocenters. The van der Waals surface area contributed by atoms with Crippen molar-refractivity contribution >= 4 is 29.4 Å². The molecule has 1 N–H and O–H groups in total. The average Bonchev–Trinajstić information content (AvgIpc) is 3.06. The molecule has 0 bridgehead atoms. The van der Waals surface area contributed by atoms with Crippen LogP contribution in [0.15, 0.2) is 42.5 Å². The van der Waals surface area contributed by atoms with Gasteiger partial charge in [0.1, 0.15) is 5.56 Å². The van der Waals surface area contributed by atoms with Crippen molar-refractivity contribution < 1.29 is 28.8 Å². The molecule has 1 heterocycles. The van der Waals surface area contributed by atoms with Gasteiger partial charge in [0.2, 0.25) is 0 Å². The van der Waals surface area contributed by atoms with Gasteiger partial charge in [0.25, 0.3) is 23.4 Å². The number of carbonyl (C=O) groups is 4. The number of nitrogens with zero attached hydrogens (tertiary/aromatic N) is 2. The average molecular weight is 451 g/mol. The van der Waals surface area contributed by atoms with Crippen LogP contribution in [0.25, 0.3) is 0 Å². The zero-order valence-corrected chi connectivity index (χ0v) is 17.6. The van der Waals surface area contributed by atoms with Crippen molar-refractivity contribution in [3.8, 4) is 0 Å². The lowest BCUT2D eigenvalue weighted by Crippen LogP contribution is -2.35. The van der Waals surface area contributed by atoms with E-state index in [-0.39, 0.29) is 30.1 Å². The molecule has 0 radical (unpaired) electrons. The van der Waals surface area contributed by atoms with Crippen LogP contribution >= 0.6 is 0 Å². The van der Waals surface area contributed by atoms with E-state index in [1.165, 1.54) is 17.7 Å². The van der Waals surface area contributed by atoms with Crippen molar-refractivity contribution in [2.24, 2.45) is 0 Å².